The van der Waals surface area contributed by atoms with Crippen LogP contribution >= 0.6 is 0 Å². The first kappa shape index (κ1) is 14.7. The van der Waals surface area contributed by atoms with Crippen LogP contribution < -0.4 is 15.1 Å². The first-order chi connectivity index (χ1) is 11.7. The Balaban J connectivity index is 1.49. The van der Waals surface area contributed by atoms with Gasteiger partial charge in [-0.1, -0.05) is 0 Å². The number of hydrogen-bond donors (Lipinski definition) is 1. The molecule has 4 rings (SSSR count). The van der Waals surface area contributed by atoms with Crippen molar-refractivity contribution < 1.29 is 0 Å². The van der Waals surface area contributed by atoms with Crippen LogP contribution in [0.2, 0.25) is 0 Å². The third kappa shape index (κ3) is 2.70. The fourth-order valence-electron chi connectivity index (χ4n) is 3.01. The van der Waals surface area contributed by atoms with Crippen LogP contribution in [0.3, 0.4) is 0 Å². The molecule has 1 unspecified atom stereocenters. The monoisotopic (exact) mass is 324 g/mol. The van der Waals surface area contributed by atoms with Gasteiger partial charge in [0.2, 0.25) is 0 Å². The van der Waals surface area contributed by atoms with E-state index in [9.17, 15) is 0 Å². The van der Waals surface area contributed by atoms with Gasteiger partial charge in [0.1, 0.15) is 18.0 Å². The molecule has 0 spiro atoms. The molecule has 1 aliphatic rings. The van der Waals surface area contributed by atoms with Crippen LogP contribution in [-0.2, 0) is 0 Å². The Hall–Kier alpha value is -2.90. The predicted molar refractivity (Wildman–Crippen MR) is 93.6 cm³/mol. The normalized spacial score (nSPS) is 17.4. The lowest BCUT2D eigenvalue weighted by atomic mass is 10.2. The molecule has 0 aromatic carbocycles. The van der Waals surface area contributed by atoms with Crippen LogP contribution in [0.1, 0.15) is 6.42 Å². The molecule has 3 aromatic heterocycles. The van der Waals surface area contributed by atoms with Crippen molar-refractivity contribution in [3.63, 3.8) is 0 Å². The van der Waals surface area contributed by atoms with E-state index in [1.807, 2.05) is 48.1 Å². The highest BCUT2D eigenvalue weighted by Gasteiger charge is 2.25. The van der Waals surface area contributed by atoms with Crippen LogP contribution in [0.4, 0.5) is 17.5 Å². The van der Waals surface area contributed by atoms with Crippen LogP contribution in [0.25, 0.3) is 5.65 Å². The number of fused-ring (bicyclic) bond motifs is 1. The highest BCUT2D eigenvalue weighted by molar-refractivity contribution is 5.64. The molecule has 1 N–H and O–H groups in total. The second kappa shape index (κ2) is 5.95. The Bertz CT molecular complexity index is 843. The number of nitrogens with one attached hydrogen (secondary N) is 1. The van der Waals surface area contributed by atoms with Gasteiger partial charge in [-0.05, 0) is 6.42 Å². The maximum absolute atomic E-state index is 4.52. The fraction of sp³-hybridized carbons (Fsp3) is 0.375. The largest absolute Gasteiger partial charge is 0.365 e. The van der Waals surface area contributed by atoms with Gasteiger partial charge in [-0.15, -0.1) is 0 Å². The van der Waals surface area contributed by atoms with Crippen LogP contribution in [-0.4, -0.2) is 57.6 Å². The zero-order valence-corrected chi connectivity index (χ0v) is 13.8. The second-order valence-corrected chi connectivity index (χ2v) is 6.14. The summed E-state index contributed by atoms with van der Waals surface area (Å²) in [5.74, 6) is 2.68. The van der Waals surface area contributed by atoms with E-state index < -0.39 is 0 Å². The van der Waals surface area contributed by atoms with E-state index in [1.165, 1.54) is 0 Å². The Morgan fingerprint density at radius 3 is 2.79 bits per heavy atom. The van der Waals surface area contributed by atoms with E-state index in [0.717, 1.165) is 42.6 Å². The average Bonchev–Trinajstić information content (AvgIpc) is 3.23. The summed E-state index contributed by atoms with van der Waals surface area (Å²) in [5.41, 5.74) is 0.898. The lowest BCUT2D eigenvalue weighted by molar-refractivity contribution is 0.798. The molecule has 4 heterocycles. The number of nitrogens with zero attached hydrogens (tertiary/aromatic N) is 7. The van der Waals surface area contributed by atoms with E-state index in [4.69, 9.17) is 0 Å². The standard InChI is InChI=1S/C16H20N8/c1-22(2)14-9-13(19-11-20-14)21-12-3-6-24(10-12)16-15-17-4-7-23(15)8-5-18-16/h4-5,7-9,11-12H,3,6,10H2,1-2H3,(H,19,20,21). The Labute approximate surface area is 140 Å². The molecule has 0 saturated carbocycles. The summed E-state index contributed by atoms with van der Waals surface area (Å²) in [5, 5.41) is 3.50. The minimum atomic E-state index is 0.326. The third-order valence-electron chi connectivity index (χ3n) is 4.24. The van der Waals surface area contributed by atoms with E-state index >= 15 is 0 Å². The molecule has 0 radical (unpaired) electrons. The molecule has 1 saturated heterocycles. The van der Waals surface area contributed by atoms with E-state index in [-0.39, 0.29) is 0 Å². The van der Waals surface area contributed by atoms with Crippen molar-refractivity contribution in [1.82, 2.24) is 24.3 Å². The number of aromatic nitrogens is 5. The van der Waals surface area contributed by atoms with Crippen LogP contribution in [0.5, 0.6) is 0 Å². The molecule has 0 amide bonds. The summed E-state index contributed by atoms with van der Waals surface area (Å²) in [7, 11) is 3.94. The Morgan fingerprint density at radius 2 is 1.96 bits per heavy atom. The van der Waals surface area contributed by atoms with Crippen LogP contribution in [0, 0.1) is 0 Å². The van der Waals surface area contributed by atoms with Gasteiger partial charge in [0, 0.05) is 64.1 Å². The molecule has 0 aliphatic carbocycles. The molecule has 124 valence electrons. The molecule has 1 atom stereocenters. The van der Waals surface area contributed by atoms with Crippen molar-refractivity contribution in [3.05, 3.63) is 37.2 Å². The van der Waals surface area contributed by atoms with Crippen molar-refractivity contribution in [1.29, 1.82) is 0 Å². The maximum atomic E-state index is 4.52. The highest BCUT2D eigenvalue weighted by Crippen LogP contribution is 2.23. The first-order valence-corrected chi connectivity index (χ1v) is 7.99. The van der Waals surface area contributed by atoms with Gasteiger partial charge >= 0.3 is 0 Å². The molecule has 1 aliphatic heterocycles. The molecule has 8 nitrogen and oxygen atoms in total. The van der Waals surface area contributed by atoms with Gasteiger partial charge < -0.3 is 19.5 Å². The zero-order chi connectivity index (χ0) is 16.5. The van der Waals surface area contributed by atoms with Crippen molar-refractivity contribution in [2.45, 2.75) is 12.5 Å². The maximum Gasteiger partial charge on any atom is 0.180 e. The lowest BCUT2D eigenvalue weighted by Crippen LogP contribution is -2.27. The van der Waals surface area contributed by atoms with Crippen molar-refractivity contribution >= 4 is 23.1 Å². The number of rotatable bonds is 4. The SMILES string of the molecule is CN(C)c1cc(NC2CCN(c3nccn4ccnc34)C2)ncn1. The zero-order valence-electron chi connectivity index (χ0n) is 13.8. The summed E-state index contributed by atoms with van der Waals surface area (Å²) >= 11 is 0. The first-order valence-electron chi connectivity index (χ1n) is 7.99. The smallest absolute Gasteiger partial charge is 0.180 e. The Morgan fingerprint density at radius 1 is 1.12 bits per heavy atom. The topological polar surface area (TPSA) is 74.5 Å². The van der Waals surface area contributed by atoms with Gasteiger partial charge in [0.25, 0.3) is 0 Å². The lowest BCUT2D eigenvalue weighted by Gasteiger charge is -2.19. The molecular formula is C16H20N8. The van der Waals surface area contributed by atoms with Crippen molar-refractivity contribution in [2.24, 2.45) is 0 Å². The summed E-state index contributed by atoms with van der Waals surface area (Å²) in [6.45, 7) is 1.82. The van der Waals surface area contributed by atoms with Gasteiger partial charge in [-0.3, -0.25) is 0 Å². The molecule has 3 aromatic rings. The van der Waals surface area contributed by atoms with Gasteiger partial charge in [-0.2, -0.15) is 0 Å². The predicted octanol–water partition coefficient (Wildman–Crippen LogP) is 1.28. The van der Waals surface area contributed by atoms with Crippen molar-refractivity contribution in [2.75, 3.05) is 42.3 Å². The van der Waals surface area contributed by atoms with E-state index in [2.05, 4.69) is 30.2 Å². The molecular weight excluding hydrogens is 304 g/mol. The number of imidazole rings is 1. The summed E-state index contributed by atoms with van der Waals surface area (Å²) < 4.78 is 2.00. The van der Waals surface area contributed by atoms with Crippen molar-refractivity contribution in [3.8, 4) is 0 Å². The van der Waals surface area contributed by atoms with Gasteiger partial charge in [0.15, 0.2) is 11.5 Å². The molecule has 8 heteroatoms. The molecule has 1 fully saturated rings. The Kier molecular flexibility index (Phi) is 3.64. The quantitative estimate of drug-likeness (QED) is 0.775. The third-order valence-corrected chi connectivity index (χ3v) is 4.24. The highest BCUT2D eigenvalue weighted by atomic mass is 15.3. The molecule has 24 heavy (non-hydrogen) atoms. The minimum Gasteiger partial charge on any atom is -0.365 e. The minimum absolute atomic E-state index is 0.326. The van der Waals surface area contributed by atoms with E-state index in [1.54, 1.807) is 12.5 Å². The summed E-state index contributed by atoms with van der Waals surface area (Å²) in [6, 6.07) is 2.29. The number of anilines is 3. The fourth-order valence-corrected chi connectivity index (χ4v) is 3.01. The average molecular weight is 324 g/mol. The number of hydrogen-bond acceptors (Lipinski definition) is 7. The summed E-state index contributed by atoms with van der Waals surface area (Å²) in [4.78, 5) is 21.8. The van der Waals surface area contributed by atoms with E-state index in [0.29, 0.717) is 6.04 Å². The van der Waals surface area contributed by atoms with Crippen LogP contribution in [0.15, 0.2) is 37.2 Å². The molecule has 0 bridgehead atoms. The van der Waals surface area contributed by atoms with Gasteiger partial charge in [0.05, 0.1) is 0 Å². The van der Waals surface area contributed by atoms with Gasteiger partial charge in [-0.25, -0.2) is 19.9 Å². The second-order valence-electron chi connectivity index (χ2n) is 6.14. The summed E-state index contributed by atoms with van der Waals surface area (Å²) in [6.07, 6.45) is 10.1.